The standard InChI is InChI=1S/C23H23ClN2O4S/c1-30-22-10-6-5-9-18(22)16-25-23(27)21(15-17-7-3-2-4-8-17)26-31(28,29)20-13-11-19(24)12-14-20/h2-14,21,26H,15-16H2,1H3,(H,25,27)/t21-/m1/s1. The van der Waals surface area contributed by atoms with Gasteiger partial charge >= 0.3 is 0 Å². The van der Waals surface area contributed by atoms with E-state index in [2.05, 4.69) is 10.0 Å². The van der Waals surface area contributed by atoms with E-state index in [1.165, 1.54) is 24.3 Å². The van der Waals surface area contributed by atoms with Gasteiger partial charge in [-0.3, -0.25) is 4.79 Å². The minimum atomic E-state index is -3.93. The third-order valence-electron chi connectivity index (χ3n) is 4.67. The summed E-state index contributed by atoms with van der Waals surface area (Å²) in [6.45, 7) is 0.205. The number of nitrogens with one attached hydrogen (secondary N) is 2. The van der Waals surface area contributed by atoms with Crippen LogP contribution in [0.3, 0.4) is 0 Å². The summed E-state index contributed by atoms with van der Waals surface area (Å²) >= 11 is 5.86. The molecule has 31 heavy (non-hydrogen) atoms. The highest BCUT2D eigenvalue weighted by atomic mass is 35.5. The third-order valence-corrected chi connectivity index (χ3v) is 6.41. The van der Waals surface area contributed by atoms with Gasteiger partial charge in [0.25, 0.3) is 0 Å². The third kappa shape index (κ3) is 6.30. The van der Waals surface area contributed by atoms with Crippen LogP contribution in [0.4, 0.5) is 0 Å². The summed E-state index contributed by atoms with van der Waals surface area (Å²) in [7, 11) is -2.38. The van der Waals surface area contributed by atoms with Crippen molar-refractivity contribution in [2.45, 2.75) is 23.9 Å². The van der Waals surface area contributed by atoms with Gasteiger partial charge < -0.3 is 10.1 Å². The van der Waals surface area contributed by atoms with Gasteiger partial charge in [-0.2, -0.15) is 4.72 Å². The van der Waals surface area contributed by atoms with Crippen LogP contribution >= 0.6 is 11.6 Å². The summed E-state index contributed by atoms with van der Waals surface area (Å²) in [5, 5.41) is 3.24. The number of para-hydroxylation sites is 1. The molecule has 1 amide bonds. The lowest BCUT2D eigenvalue weighted by Gasteiger charge is -2.19. The van der Waals surface area contributed by atoms with Crippen molar-refractivity contribution < 1.29 is 17.9 Å². The Labute approximate surface area is 187 Å². The van der Waals surface area contributed by atoms with E-state index in [4.69, 9.17) is 16.3 Å². The van der Waals surface area contributed by atoms with Crippen molar-refractivity contribution in [3.8, 4) is 5.75 Å². The van der Waals surface area contributed by atoms with Crippen LogP contribution in [0.5, 0.6) is 5.75 Å². The van der Waals surface area contributed by atoms with Crippen LogP contribution in [0.25, 0.3) is 0 Å². The Hall–Kier alpha value is -2.87. The number of hydrogen-bond acceptors (Lipinski definition) is 4. The molecule has 0 saturated heterocycles. The molecule has 0 saturated carbocycles. The van der Waals surface area contributed by atoms with Gasteiger partial charge in [-0.25, -0.2) is 8.42 Å². The Bertz CT molecular complexity index is 1120. The molecule has 0 aliphatic rings. The Kier molecular flexibility index (Phi) is 7.68. The lowest BCUT2D eigenvalue weighted by atomic mass is 10.1. The van der Waals surface area contributed by atoms with Gasteiger partial charge in [0.15, 0.2) is 0 Å². The molecule has 2 N–H and O–H groups in total. The quantitative estimate of drug-likeness (QED) is 0.513. The summed E-state index contributed by atoms with van der Waals surface area (Å²) < 4.78 is 33.6. The van der Waals surface area contributed by atoms with Crippen LogP contribution in [-0.2, 0) is 27.8 Å². The summed E-state index contributed by atoms with van der Waals surface area (Å²) in [4.78, 5) is 13.0. The van der Waals surface area contributed by atoms with Crippen molar-refractivity contribution in [3.63, 3.8) is 0 Å². The Balaban J connectivity index is 1.80. The molecule has 0 heterocycles. The van der Waals surface area contributed by atoms with Crippen molar-refractivity contribution in [2.75, 3.05) is 7.11 Å². The van der Waals surface area contributed by atoms with Gasteiger partial charge in [0.05, 0.1) is 12.0 Å². The van der Waals surface area contributed by atoms with Crippen molar-refractivity contribution in [1.82, 2.24) is 10.0 Å². The maximum Gasteiger partial charge on any atom is 0.241 e. The predicted molar refractivity (Wildman–Crippen MR) is 121 cm³/mol. The molecule has 1 atom stereocenters. The first kappa shape index (κ1) is 22.8. The lowest BCUT2D eigenvalue weighted by molar-refractivity contribution is -0.122. The smallest absolute Gasteiger partial charge is 0.241 e. The number of methoxy groups -OCH3 is 1. The number of carbonyl (C=O) groups excluding carboxylic acids is 1. The van der Waals surface area contributed by atoms with E-state index in [9.17, 15) is 13.2 Å². The lowest BCUT2D eigenvalue weighted by Crippen LogP contribution is -2.47. The largest absolute Gasteiger partial charge is 0.496 e. The van der Waals surface area contributed by atoms with E-state index < -0.39 is 22.0 Å². The zero-order valence-corrected chi connectivity index (χ0v) is 18.5. The average Bonchev–Trinajstić information content (AvgIpc) is 2.78. The van der Waals surface area contributed by atoms with Crippen LogP contribution < -0.4 is 14.8 Å². The van der Waals surface area contributed by atoms with E-state index in [0.717, 1.165) is 11.1 Å². The summed E-state index contributed by atoms with van der Waals surface area (Å²) in [6, 6.07) is 21.3. The van der Waals surface area contributed by atoms with E-state index in [1.807, 2.05) is 48.5 Å². The SMILES string of the molecule is COc1ccccc1CNC(=O)[C@@H](Cc1ccccc1)NS(=O)(=O)c1ccc(Cl)cc1. The highest BCUT2D eigenvalue weighted by molar-refractivity contribution is 7.89. The molecule has 0 unspecified atom stereocenters. The van der Waals surface area contributed by atoms with Gasteiger partial charge in [-0.1, -0.05) is 60.1 Å². The van der Waals surface area contributed by atoms with Crippen LogP contribution in [0.2, 0.25) is 5.02 Å². The Morgan fingerprint density at radius 2 is 1.61 bits per heavy atom. The fourth-order valence-corrected chi connectivity index (χ4v) is 4.38. The minimum absolute atomic E-state index is 0.0347. The van der Waals surface area contributed by atoms with Crippen molar-refractivity contribution >= 4 is 27.5 Å². The first-order valence-electron chi connectivity index (χ1n) is 9.60. The molecule has 3 aromatic rings. The van der Waals surface area contributed by atoms with Crippen molar-refractivity contribution in [2.24, 2.45) is 0 Å². The molecule has 0 spiro atoms. The minimum Gasteiger partial charge on any atom is -0.496 e. The Morgan fingerprint density at radius 1 is 0.968 bits per heavy atom. The number of amides is 1. The normalized spacial score (nSPS) is 12.2. The number of carbonyl (C=O) groups is 1. The fourth-order valence-electron chi connectivity index (χ4n) is 3.06. The number of halogens is 1. The van der Waals surface area contributed by atoms with Gasteiger partial charge in [0.2, 0.25) is 15.9 Å². The number of rotatable bonds is 9. The second kappa shape index (κ2) is 10.4. The van der Waals surface area contributed by atoms with Crippen LogP contribution in [0.1, 0.15) is 11.1 Å². The molecule has 8 heteroatoms. The van der Waals surface area contributed by atoms with Gasteiger partial charge in [0, 0.05) is 17.1 Å². The van der Waals surface area contributed by atoms with Crippen LogP contribution in [-0.4, -0.2) is 27.5 Å². The fraction of sp³-hybridized carbons (Fsp3) is 0.174. The molecule has 0 aliphatic heterocycles. The van der Waals surface area contributed by atoms with Gasteiger partial charge in [0.1, 0.15) is 11.8 Å². The molecular weight excluding hydrogens is 436 g/mol. The number of ether oxygens (including phenoxy) is 1. The predicted octanol–water partition coefficient (Wildman–Crippen LogP) is 3.55. The molecule has 0 bridgehead atoms. The molecule has 0 radical (unpaired) electrons. The highest BCUT2D eigenvalue weighted by Crippen LogP contribution is 2.18. The second-order valence-corrected chi connectivity index (χ2v) is 9.00. The van der Waals surface area contributed by atoms with E-state index in [-0.39, 0.29) is 17.9 Å². The summed E-state index contributed by atoms with van der Waals surface area (Å²) in [5.41, 5.74) is 1.62. The molecule has 162 valence electrons. The zero-order valence-electron chi connectivity index (χ0n) is 16.9. The van der Waals surface area contributed by atoms with E-state index in [0.29, 0.717) is 10.8 Å². The van der Waals surface area contributed by atoms with Crippen molar-refractivity contribution in [1.29, 1.82) is 0 Å². The molecule has 6 nitrogen and oxygen atoms in total. The number of benzene rings is 3. The van der Waals surface area contributed by atoms with E-state index >= 15 is 0 Å². The monoisotopic (exact) mass is 458 g/mol. The Morgan fingerprint density at radius 3 is 2.29 bits per heavy atom. The zero-order chi connectivity index (χ0) is 22.3. The topological polar surface area (TPSA) is 84.5 Å². The van der Waals surface area contributed by atoms with E-state index in [1.54, 1.807) is 13.2 Å². The number of hydrogen-bond donors (Lipinski definition) is 2. The first-order valence-corrected chi connectivity index (χ1v) is 11.5. The summed E-state index contributed by atoms with van der Waals surface area (Å²) in [6.07, 6.45) is 0.200. The highest BCUT2D eigenvalue weighted by Gasteiger charge is 2.26. The maximum atomic E-state index is 13.0. The molecule has 0 aliphatic carbocycles. The molecule has 0 aromatic heterocycles. The second-order valence-electron chi connectivity index (χ2n) is 6.85. The average molecular weight is 459 g/mol. The molecule has 3 aromatic carbocycles. The molecular formula is C23H23ClN2O4S. The van der Waals surface area contributed by atoms with Gasteiger partial charge in [-0.05, 0) is 42.3 Å². The maximum absolute atomic E-state index is 13.0. The van der Waals surface area contributed by atoms with Crippen molar-refractivity contribution in [3.05, 3.63) is 95.0 Å². The van der Waals surface area contributed by atoms with Crippen LogP contribution in [0.15, 0.2) is 83.8 Å². The van der Waals surface area contributed by atoms with Crippen LogP contribution in [0, 0.1) is 0 Å². The van der Waals surface area contributed by atoms with Gasteiger partial charge in [-0.15, -0.1) is 0 Å². The number of sulfonamides is 1. The molecule has 0 fully saturated rings. The molecule has 3 rings (SSSR count). The first-order chi connectivity index (χ1) is 14.9. The summed E-state index contributed by atoms with van der Waals surface area (Å²) in [5.74, 6) is 0.205.